The molecular formula is C18H22N2O. The van der Waals surface area contributed by atoms with E-state index in [4.69, 9.17) is 4.74 Å². The molecule has 0 spiro atoms. The molecule has 0 aromatic heterocycles. The topological polar surface area (TPSA) is 24.5 Å². The Balaban J connectivity index is 1.53. The highest BCUT2D eigenvalue weighted by molar-refractivity contribution is 5.70. The Kier molecular flexibility index (Phi) is 4.62. The van der Waals surface area contributed by atoms with Crippen LogP contribution < -0.4 is 15.0 Å². The van der Waals surface area contributed by atoms with Crippen LogP contribution in [-0.2, 0) is 0 Å². The highest BCUT2D eigenvalue weighted by atomic mass is 16.5. The van der Waals surface area contributed by atoms with E-state index < -0.39 is 0 Å². The Labute approximate surface area is 126 Å². The van der Waals surface area contributed by atoms with Gasteiger partial charge >= 0.3 is 0 Å². The zero-order chi connectivity index (χ0) is 14.3. The summed E-state index contributed by atoms with van der Waals surface area (Å²) in [7, 11) is 0. The van der Waals surface area contributed by atoms with Crippen molar-refractivity contribution in [2.24, 2.45) is 0 Å². The first-order valence-electron chi connectivity index (χ1n) is 7.69. The second-order valence-corrected chi connectivity index (χ2v) is 5.30. The largest absolute Gasteiger partial charge is 0.494 e. The van der Waals surface area contributed by atoms with E-state index in [9.17, 15) is 0 Å². The predicted octanol–water partition coefficient (Wildman–Crippen LogP) is 3.78. The molecule has 21 heavy (non-hydrogen) atoms. The Hall–Kier alpha value is -2.16. The SMILES string of the molecule is c1ccc(OCCCN2CCCNc3ccccc32)cc1. The van der Waals surface area contributed by atoms with E-state index in [1.807, 2.05) is 30.3 Å². The second-order valence-electron chi connectivity index (χ2n) is 5.30. The van der Waals surface area contributed by atoms with Gasteiger partial charge in [-0.3, -0.25) is 0 Å². The minimum absolute atomic E-state index is 0.760. The van der Waals surface area contributed by atoms with Crippen molar-refractivity contribution in [2.75, 3.05) is 36.5 Å². The first-order valence-corrected chi connectivity index (χ1v) is 7.69. The van der Waals surface area contributed by atoms with Gasteiger partial charge in [-0.25, -0.2) is 0 Å². The van der Waals surface area contributed by atoms with Gasteiger partial charge in [0.1, 0.15) is 5.75 Å². The van der Waals surface area contributed by atoms with E-state index in [2.05, 4.69) is 34.5 Å². The number of nitrogens with zero attached hydrogens (tertiary/aromatic N) is 1. The fourth-order valence-electron chi connectivity index (χ4n) is 2.71. The lowest BCUT2D eigenvalue weighted by molar-refractivity contribution is 0.312. The van der Waals surface area contributed by atoms with Gasteiger partial charge in [0, 0.05) is 19.6 Å². The van der Waals surface area contributed by atoms with Crippen molar-refractivity contribution in [1.29, 1.82) is 0 Å². The molecule has 1 heterocycles. The quantitative estimate of drug-likeness (QED) is 0.845. The average Bonchev–Trinajstić information content (AvgIpc) is 2.75. The van der Waals surface area contributed by atoms with Crippen molar-refractivity contribution in [3.63, 3.8) is 0 Å². The molecule has 0 radical (unpaired) electrons. The molecule has 0 fully saturated rings. The monoisotopic (exact) mass is 282 g/mol. The number of hydrogen-bond donors (Lipinski definition) is 1. The number of rotatable bonds is 5. The zero-order valence-corrected chi connectivity index (χ0v) is 12.3. The Morgan fingerprint density at radius 1 is 1.00 bits per heavy atom. The third-order valence-electron chi connectivity index (χ3n) is 3.75. The molecule has 1 aliphatic rings. The Morgan fingerprint density at radius 2 is 1.81 bits per heavy atom. The number of benzene rings is 2. The molecule has 0 atom stereocenters. The maximum atomic E-state index is 5.77. The van der Waals surface area contributed by atoms with E-state index in [-0.39, 0.29) is 0 Å². The first kappa shape index (κ1) is 13.8. The summed E-state index contributed by atoms with van der Waals surface area (Å²) >= 11 is 0. The van der Waals surface area contributed by atoms with Crippen LogP contribution in [-0.4, -0.2) is 26.2 Å². The van der Waals surface area contributed by atoms with Crippen LogP contribution in [0, 0.1) is 0 Å². The smallest absolute Gasteiger partial charge is 0.119 e. The van der Waals surface area contributed by atoms with Gasteiger partial charge < -0.3 is 15.0 Å². The van der Waals surface area contributed by atoms with Crippen LogP contribution in [0.1, 0.15) is 12.8 Å². The van der Waals surface area contributed by atoms with Crippen LogP contribution in [0.3, 0.4) is 0 Å². The van der Waals surface area contributed by atoms with Gasteiger partial charge in [-0.1, -0.05) is 30.3 Å². The zero-order valence-electron chi connectivity index (χ0n) is 12.3. The van der Waals surface area contributed by atoms with Crippen molar-refractivity contribution in [2.45, 2.75) is 12.8 Å². The number of fused-ring (bicyclic) bond motifs is 1. The molecule has 0 amide bonds. The lowest BCUT2D eigenvalue weighted by Gasteiger charge is -2.24. The number of anilines is 2. The molecule has 0 saturated heterocycles. The lowest BCUT2D eigenvalue weighted by Crippen LogP contribution is -2.26. The van der Waals surface area contributed by atoms with Crippen molar-refractivity contribution < 1.29 is 4.74 Å². The summed E-state index contributed by atoms with van der Waals surface area (Å²) in [5.41, 5.74) is 2.56. The number of para-hydroxylation sites is 3. The number of nitrogens with one attached hydrogen (secondary N) is 1. The van der Waals surface area contributed by atoms with Crippen molar-refractivity contribution in [1.82, 2.24) is 0 Å². The van der Waals surface area contributed by atoms with Gasteiger partial charge in [0.25, 0.3) is 0 Å². The molecule has 3 nitrogen and oxygen atoms in total. The molecule has 1 N–H and O–H groups in total. The second kappa shape index (κ2) is 7.02. The predicted molar refractivity (Wildman–Crippen MR) is 88.3 cm³/mol. The van der Waals surface area contributed by atoms with Crippen molar-refractivity contribution >= 4 is 11.4 Å². The average molecular weight is 282 g/mol. The van der Waals surface area contributed by atoms with E-state index in [1.165, 1.54) is 17.8 Å². The molecule has 0 unspecified atom stereocenters. The molecular weight excluding hydrogens is 260 g/mol. The molecule has 0 bridgehead atoms. The molecule has 1 aliphatic heterocycles. The molecule has 0 saturated carbocycles. The van der Waals surface area contributed by atoms with Crippen LogP contribution in [0.5, 0.6) is 5.75 Å². The van der Waals surface area contributed by atoms with Gasteiger partial charge in [0.2, 0.25) is 0 Å². The van der Waals surface area contributed by atoms with Gasteiger partial charge in [-0.05, 0) is 37.1 Å². The lowest BCUT2D eigenvalue weighted by atomic mass is 10.2. The summed E-state index contributed by atoms with van der Waals surface area (Å²) in [5.74, 6) is 0.954. The summed E-state index contributed by atoms with van der Waals surface area (Å²) in [4.78, 5) is 2.46. The standard InChI is InChI=1S/C18H22N2O/c1-2-8-16(9-3-1)21-15-7-14-20-13-6-12-19-17-10-4-5-11-18(17)20/h1-5,8-11,19H,6-7,12-15H2. The summed E-state index contributed by atoms with van der Waals surface area (Å²) in [6.07, 6.45) is 2.21. The highest BCUT2D eigenvalue weighted by Crippen LogP contribution is 2.27. The van der Waals surface area contributed by atoms with E-state index in [0.717, 1.165) is 38.4 Å². The molecule has 0 aliphatic carbocycles. The third kappa shape index (κ3) is 3.69. The Morgan fingerprint density at radius 3 is 2.71 bits per heavy atom. The minimum atomic E-state index is 0.760. The van der Waals surface area contributed by atoms with Crippen LogP contribution in [0.25, 0.3) is 0 Å². The van der Waals surface area contributed by atoms with Gasteiger partial charge in [-0.15, -0.1) is 0 Å². The number of hydrogen-bond acceptors (Lipinski definition) is 3. The van der Waals surface area contributed by atoms with E-state index >= 15 is 0 Å². The van der Waals surface area contributed by atoms with E-state index in [0.29, 0.717) is 0 Å². The summed E-state index contributed by atoms with van der Waals surface area (Å²) in [5, 5.41) is 3.50. The molecule has 3 rings (SSSR count). The minimum Gasteiger partial charge on any atom is -0.494 e. The highest BCUT2D eigenvalue weighted by Gasteiger charge is 2.13. The molecule has 3 heteroatoms. The maximum absolute atomic E-state index is 5.77. The molecule has 110 valence electrons. The number of ether oxygens (including phenoxy) is 1. The normalized spacial score (nSPS) is 14.0. The van der Waals surface area contributed by atoms with Crippen LogP contribution in [0.2, 0.25) is 0 Å². The summed E-state index contributed by atoms with van der Waals surface area (Å²) in [6.45, 7) is 3.95. The van der Waals surface area contributed by atoms with Gasteiger partial charge in [0.05, 0.1) is 18.0 Å². The third-order valence-corrected chi connectivity index (χ3v) is 3.75. The van der Waals surface area contributed by atoms with Gasteiger partial charge in [-0.2, -0.15) is 0 Å². The van der Waals surface area contributed by atoms with Gasteiger partial charge in [0.15, 0.2) is 0 Å². The Bertz CT molecular complexity index is 556. The summed E-state index contributed by atoms with van der Waals surface area (Å²) < 4.78 is 5.77. The van der Waals surface area contributed by atoms with Crippen molar-refractivity contribution in [3.8, 4) is 5.75 Å². The molecule has 2 aromatic rings. The van der Waals surface area contributed by atoms with Crippen LogP contribution in [0.4, 0.5) is 11.4 Å². The first-order chi connectivity index (χ1) is 10.4. The van der Waals surface area contributed by atoms with Crippen LogP contribution in [0.15, 0.2) is 54.6 Å². The molecule has 2 aromatic carbocycles. The van der Waals surface area contributed by atoms with Crippen LogP contribution >= 0.6 is 0 Å². The fourth-order valence-corrected chi connectivity index (χ4v) is 2.71. The van der Waals surface area contributed by atoms with E-state index in [1.54, 1.807) is 0 Å². The van der Waals surface area contributed by atoms with Crippen molar-refractivity contribution in [3.05, 3.63) is 54.6 Å². The summed E-state index contributed by atoms with van der Waals surface area (Å²) in [6, 6.07) is 18.6. The maximum Gasteiger partial charge on any atom is 0.119 e. The fraction of sp³-hybridized carbons (Fsp3) is 0.333.